The van der Waals surface area contributed by atoms with Crippen LogP contribution in [0.25, 0.3) is 0 Å². The molecule has 1 saturated carbocycles. The standard InChI is InChI=1S/C6H12O3/c1-4-2-6(4,9)5(8)3-7/h4-5,7-9H,2-3H2,1H3. The van der Waals surface area contributed by atoms with E-state index in [-0.39, 0.29) is 12.5 Å². The summed E-state index contributed by atoms with van der Waals surface area (Å²) in [6.45, 7) is 1.50. The third-order valence-electron chi connectivity index (χ3n) is 2.08. The summed E-state index contributed by atoms with van der Waals surface area (Å²) < 4.78 is 0. The largest absolute Gasteiger partial charge is 0.394 e. The third-order valence-corrected chi connectivity index (χ3v) is 2.08. The molecular formula is C6H12O3. The van der Waals surface area contributed by atoms with E-state index < -0.39 is 11.7 Å². The van der Waals surface area contributed by atoms with E-state index in [9.17, 15) is 5.11 Å². The molecule has 1 aliphatic rings. The van der Waals surface area contributed by atoms with E-state index in [2.05, 4.69) is 0 Å². The van der Waals surface area contributed by atoms with E-state index >= 15 is 0 Å². The number of aliphatic hydroxyl groups excluding tert-OH is 2. The summed E-state index contributed by atoms with van der Waals surface area (Å²) in [5, 5.41) is 26.6. The number of aliphatic hydroxyl groups is 3. The second-order valence-electron chi connectivity index (χ2n) is 2.79. The van der Waals surface area contributed by atoms with Gasteiger partial charge in [0.15, 0.2) is 0 Å². The molecule has 3 N–H and O–H groups in total. The Hall–Kier alpha value is -0.120. The van der Waals surface area contributed by atoms with Gasteiger partial charge in [0, 0.05) is 0 Å². The molecule has 0 aromatic rings. The van der Waals surface area contributed by atoms with Gasteiger partial charge in [-0.3, -0.25) is 0 Å². The first-order valence-corrected chi connectivity index (χ1v) is 3.12. The van der Waals surface area contributed by atoms with Crippen LogP contribution in [-0.4, -0.2) is 33.6 Å². The Morgan fingerprint density at radius 1 is 1.78 bits per heavy atom. The second-order valence-corrected chi connectivity index (χ2v) is 2.79. The molecule has 1 aliphatic carbocycles. The van der Waals surface area contributed by atoms with Crippen LogP contribution in [0.3, 0.4) is 0 Å². The Morgan fingerprint density at radius 2 is 2.22 bits per heavy atom. The van der Waals surface area contributed by atoms with E-state index in [1.807, 2.05) is 6.92 Å². The summed E-state index contributed by atoms with van der Waals surface area (Å²) in [5.41, 5.74) is -0.977. The van der Waals surface area contributed by atoms with Gasteiger partial charge >= 0.3 is 0 Å². The molecule has 3 atom stereocenters. The lowest BCUT2D eigenvalue weighted by molar-refractivity contribution is -0.0386. The minimum Gasteiger partial charge on any atom is -0.394 e. The van der Waals surface area contributed by atoms with Crippen molar-refractivity contribution in [3.05, 3.63) is 0 Å². The minimum atomic E-state index is -0.977. The SMILES string of the molecule is CC1CC1(O)C(O)CO. The van der Waals surface area contributed by atoms with Gasteiger partial charge < -0.3 is 15.3 Å². The summed E-state index contributed by atoms with van der Waals surface area (Å²) in [6, 6.07) is 0. The highest BCUT2D eigenvalue weighted by molar-refractivity contribution is 5.05. The molecule has 1 fully saturated rings. The zero-order valence-electron chi connectivity index (χ0n) is 5.41. The van der Waals surface area contributed by atoms with Gasteiger partial charge in [-0.1, -0.05) is 6.92 Å². The Balaban J connectivity index is 2.43. The van der Waals surface area contributed by atoms with Crippen LogP contribution < -0.4 is 0 Å². The van der Waals surface area contributed by atoms with E-state index in [4.69, 9.17) is 10.2 Å². The minimum absolute atomic E-state index is 0.139. The molecule has 0 spiro atoms. The molecule has 0 bridgehead atoms. The van der Waals surface area contributed by atoms with Crippen molar-refractivity contribution >= 4 is 0 Å². The van der Waals surface area contributed by atoms with Crippen LogP contribution in [0.5, 0.6) is 0 Å². The van der Waals surface area contributed by atoms with Gasteiger partial charge in [0.05, 0.1) is 12.2 Å². The van der Waals surface area contributed by atoms with Gasteiger partial charge in [0.25, 0.3) is 0 Å². The highest BCUT2D eigenvalue weighted by atomic mass is 16.4. The molecule has 1 rings (SSSR count). The maximum absolute atomic E-state index is 9.26. The fourth-order valence-electron chi connectivity index (χ4n) is 1.05. The van der Waals surface area contributed by atoms with Crippen molar-refractivity contribution in [3.63, 3.8) is 0 Å². The first-order valence-electron chi connectivity index (χ1n) is 3.12. The van der Waals surface area contributed by atoms with Crippen molar-refractivity contribution in [2.45, 2.75) is 25.0 Å². The summed E-state index contributed by atoms with van der Waals surface area (Å²) >= 11 is 0. The maximum Gasteiger partial charge on any atom is 0.106 e. The van der Waals surface area contributed by atoms with E-state index in [1.165, 1.54) is 0 Å². The maximum atomic E-state index is 9.26. The average molecular weight is 132 g/mol. The Kier molecular flexibility index (Phi) is 1.50. The Bertz CT molecular complexity index is 115. The van der Waals surface area contributed by atoms with Crippen molar-refractivity contribution in [1.82, 2.24) is 0 Å². The number of hydrogen-bond acceptors (Lipinski definition) is 3. The highest BCUT2D eigenvalue weighted by Crippen LogP contribution is 2.45. The lowest BCUT2D eigenvalue weighted by Gasteiger charge is -2.13. The molecular weight excluding hydrogens is 120 g/mol. The topological polar surface area (TPSA) is 60.7 Å². The lowest BCUT2D eigenvalue weighted by atomic mass is 10.1. The van der Waals surface area contributed by atoms with Gasteiger partial charge in [0.1, 0.15) is 6.10 Å². The van der Waals surface area contributed by atoms with E-state index in [0.29, 0.717) is 6.42 Å². The predicted octanol–water partition coefficient (Wildman–Crippen LogP) is -0.890. The summed E-state index contributed by atoms with van der Waals surface area (Å²) in [4.78, 5) is 0. The fraction of sp³-hybridized carbons (Fsp3) is 1.00. The molecule has 0 heterocycles. The van der Waals surface area contributed by atoms with Crippen molar-refractivity contribution in [3.8, 4) is 0 Å². The first kappa shape index (κ1) is 6.99. The smallest absolute Gasteiger partial charge is 0.106 e. The normalized spacial score (nSPS) is 44.7. The van der Waals surface area contributed by atoms with Gasteiger partial charge in [-0.05, 0) is 12.3 Å². The zero-order chi connectivity index (χ0) is 7.07. The molecule has 0 aromatic carbocycles. The molecule has 0 radical (unpaired) electrons. The van der Waals surface area contributed by atoms with E-state index in [1.54, 1.807) is 0 Å². The Morgan fingerprint density at radius 3 is 2.33 bits per heavy atom. The van der Waals surface area contributed by atoms with Gasteiger partial charge in [0.2, 0.25) is 0 Å². The zero-order valence-corrected chi connectivity index (χ0v) is 5.41. The van der Waals surface area contributed by atoms with Crippen molar-refractivity contribution in [2.24, 2.45) is 5.92 Å². The Labute approximate surface area is 53.9 Å². The predicted molar refractivity (Wildman–Crippen MR) is 31.8 cm³/mol. The highest BCUT2D eigenvalue weighted by Gasteiger charge is 2.54. The van der Waals surface area contributed by atoms with Crippen molar-refractivity contribution < 1.29 is 15.3 Å². The molecule has 0 amide bonds. The molecule has 54 valence electrons. The number of rotatable bonds is 2. The number of hydrogen-bond donors (Lipinski definition) is 3. The van der Waals surface area contributed by atoms with Crippen LogP contribution in [0.15, 0.2) is 0 Å². The molecule has 3 heteroatoms. The quantitative estimate of drug-likeness (QED) is 0.457. The average Bonchev–Trinajstić information content (AvgIpc) is 2.41. The van der Waals surface area contributed by atoms with Gasteiger partial charge in [-0.15, -0.1) is 0 Å². The fourth-order valence-corrected chi connectivity index (χ4v) is 1.05. The molecule has 0 aliphatic heterocycles. The van der Waals surface area contributed by atoms with Crippen LogP contribution in [-0.2, 0) is 0 Å². The van der Waals surface area contributed by atoms with Crippen LogP contribution in [0.4, 0.5) is 0 Å². The van der Waals surface area contributed by atoms with Crippen molar-refractivity contribution in [2.75, 3.05) is 6.61 Å². The van der Waals surface area contributed by atoms with Crippen LogP contribution >= 0.6 is 0 Å². The molecule has 9 heavy (non-hydrogen) atoms. The summed E-state index contributed by atoms with van der Waals surface area (Å²) in [6.07, 6.45) is -0.346. The summed E-state index contributed by atoms with van der Waals surface area (Å²) in [5.74, 6) is 0.139. The van der Waals surface area contributed by atoms with Crippen LogP contribution in [0, 0.1) is 5.92 Å². The van der Waals surface area contributed by atoms with E-state index in [0.717, 1.165) is 0 Å². The monoisotopic (exact) mass is 132 g/mol. The van der Waals surface area contributed by atoms with Crippen LogP contribution in [0.1, 0.15) is 13.3 Å². The first-order chi connectivity index (χ1) is 4.11. The van der Waals surface area contributed by atoms with Crippen molar-refractivity contribution in [1.29, 1.82) is 0 Å². The van der Waals surface area contributed by atoms with Gasteiger partial charge in [-0.25, -0.2) is 0 Å². The molecule has 0 aromatic heterocycles. The van der Waals surface area contributed by atoms with Crippen LogP contribution in [0.2, 0.25) is 0 Å². The molecule has 0 saturated heterocycles. The molecule has 3 unspecified atom stereocenters. The third kappa shape index (κ3) is 0.956. The molecule has 3 nitrogen and oxygen atoms in total. The van der Waals surface area contributed by atoms with Gasteiger partial charge in [-0.2, -0.15) is 0 Å². The lowest BCUT2D eigenvalue weighted by Crippen LogP contribution is -2.32. The second kappa shape index (κ2) is 1.94. The summed E-state index contributed by atoms with van der Waals surface area (Å²) in [7, 11) is 0.